The van der Waals surface area contributed by atoms with Crippen molar-refractivity contribution in [3.8, 4) is 0 Å². The van der Waals surface area contributed by atoms with E-state index >= 15 is 0 Å². The van der Waals surface area contributed by atoms with Gasteiger partial charge in [-0.3, -0.25) is 4.98 Å². The van der Waals surface area contributed by atoms with E-state index in [1.807, 2.05) is 24.3 Å². The number of pyridine rings is 1. The first-order chi connectivity index (χ1) is 14.7. The summed E-state index contributed by atoms with van der Waals surface area (Å²) in [4.78, 5) is 5.12. The quantitative estimate of drug-likeness (QED) is 0.659. The number of aromatic nitrogens is 1. The molecule has 0 radical (unpaired) electrons. The summed E-state index contributed by atoms with van der Waals surface area (Å²) in [6, 6.07) is 7.52. The van der Waals surface area contributed by atoms with Gasteiger partial charge in [0.15, 0.2) is 6.10 Å². The average Bonchev–Trinajstić information content (AvgIpc) is 3.25. The van der Waals surface area contributed by atoms with Gasteiger partial charge in [-0.15, -0.1) is 0 Å². The lowest BCUT2D eigenvalue weighted by Crippen LogP contribution is -2.29. The Morgan fingerprint density at radius 1 is 1.19 bits per heavy atom. The number of rotatable bonds is 5. The van der Waals surface area contributed by atoms with E-state index < -0.39 is 6.10 Å². The summed E-state index contributed by atoms with van der Waals surface area (Å²) in [7, 11) is 0. The minimum absolute atomic E-state index is 0.0114. The molecule has 2 aromatic rings. The number of benzene rings is 1. The normalized spacial score (nSPS) is 21.2. The molecule has 166 valence electrons. The zero-order valence-electron chi connectivity index (χ0n) is 19.2. The van der Waals surface area contributed by atoms with Gasteiger partial charge in [0.05, 0.1) is 17.9 Å². The van der Waals surface area contributed by atoms with Crippen LogP contribution in [-0.2, 0) is 13.0 Å². The number of nitrogens with zero attached hydrogens (tertiary/aromatic N) is 1. The van der Waals surface area contributed by atoms with Crippen molar-refractivity contribution in [3.05, 3.63) is 69.5 Å². The molecule has 31 heavy (non-hydrogen) atoms. The number of aliphatic hydroxyl groups is 2. The van der Waals surface area contributed by atoms with E-state index in [1.54, 1.807) is 0 Å². The lowest BCUT2D eigenvalue weighted by atomic mass is 9.71. The van der Waals surface area contributed by atoms with Crippen molar-refractivity contribution in [2.45, 2.75) is 84.5 Å². The first-order valence-electron chi connectivity index (χ1n) is 11.6. The van der Waals surface area contributed by atoms with Crippen LogP contribution < -0.4 is 0 Å². The maximum absolute atomic E-state index is 11.6. The standard InChI is InChI=1S/C27H35NO3/c1-16(2)25-24(26(31)19-11-9-17(15-29)10-12-19)22(18-7-5-6-8-18)23-20(28-25)13-27(3,4)14-21(23)30/h7,9-12,16,21,26,29-31H,5-6,8,13-15H2,1-4H3/p+1/t21?,26-/m0/s1. The summed E-state index contributed by atoms with van der Waals surface area (Å²) < 4.78 is 0. The molecule has 4 rings (SSSR count). The average molecular weight is 423 g/mol. The van der Waals surface area contributed by atoms with Crippen LogP contribution in [0.5, 0.6) is 0 Å². The van der Waals surface area contributed by atoms with E-state index in [9.17, 15) is 10.2 Å². The maximum atomic E-state index is 11.6. The molecule has 0 saturated carbocycles. The zero-order valence-corrected chi connectivity index (χ0v) is 19.2. The van der Waals surface area contributed by atoms with Crippen molar-refractivity contribution in [2.75, 3.05) is 0 Å². The number of fused-ring (bicyclic) bond motifs is 1. The Morgan fingerprint density at radius 3 is 2.48 bits per heavy atom. The smallest absolute Gasteiger partial charge is 0.182 e. The summed E-state index contributed by atoms with van der Waals surface area (Å²) in [5, 5.41) is 30.0. The van der Waals surface area contributed by atoms with Gasteiger partial charge in [0.2, 0.25) is 0 Å². The summed E-state index contributed by atoms with van der Waals surface area (Å²) in [5.41, 5.74) is 7.99. The van der Waals surface area contributed by atoms with Gasteiger partial charge in [-0.2, -0.15) is 0 Å². The third kappa shape index (κ3) is 4.21. The van der Waals surface area contributed by atoms with E-state index in [2.05, 4.69) is 33.8 Å². The third-order valence-electron chi connectivity index (χ3n) is 6.79. The highest BCUT2D eigenvalue weighted by Gasteiger charge is 2.40. The van der Waals surface area contributed by atoms with Gasteiger partial charge in [-0.05, 0) is 59.3 Å². The highest BCUT2D eigenvalue weighted by atomic mass is 16.3. The fraction of sp³-hybridized carbons (Fsp3) is 0.519. The lowest BCUT2D eigenvalue weighted by molar-refractivity contribution is 0.0972. The molecule has 0 fully saturated rings. The van der Waals surface area contributed by atoms with Crippen LogP contribution in [0.4, 0.5) is 0 Å². The highest BCUT2D eigenvalue weighted by molar-refractivity contribution is 5.75. The summed E-state index contributed by atoms with van der Waals surface area (Å²) >= 11 is 0. The Kier molecular flexibility index (Phi) is 6.08. The van der Waals surface area contributed by atoms with E-state index in [-0.39, 0.29) is 24.0 Å². The fourth-order valence-electron chi connectivity index (χ4n) is 5.31. The van der Waals surface area contributed by atoms with Crippen LogP contribution >= 0.6 is 0 Å². The van der Waals surface area contributed by atoms with Crippen molar-refractivity contribution >= 4 is 5.57 Å². The van der Waals surface area contributed by atoms with Crippen molar-refractivity contribution in [2.24, 2.45) is 5.41 Å². The van der Waals surface area contributed by atoms with E-state index in [0.717, 1.165) is 71.3 Å². The second-order valence-electron chi connectivity index (χ2n) is 10.3. The number of hydrogen-bond donors (Lipinski definition) is 2. The molecule has 0 bridgehead atoms. The first-order valence-corrected chi connectivity index (χ1v) is 11.6. The maximum Gasteiger partial charge on any atom is 0.182 e. The Hall–Kier alpha value is -2.01. The minimum atomic E-state index is -0.804. The van der Waals surface area contributed by atoms with E-state index in [1.165, 1.54) is 5.57 Å². The molecule has 0 saturated heterocycles. The van der Waals surface area contributed by atoms with E-state index in [0.29, 0.717) is 0 Å². The predicted molar refractivity (Wildman–Crippen MR) is 125 cm³/mol. The van der Waals surface area contributed by atoms with Crippen molar-refractivity contribution in [1.29, 1.82) is 0 Å². The summed E-state index contributed by atoms with van der Waals surface area (Å²) in [6.45, 7) is 8.72. The molecule has 2 atom stereocenters. The molecule has 2 aliphatic rings. The Morgan fingerprint density at radius 2 is 1.90 bits per heavy atom. The molecule has 1 aromatic heterocycles. The zero-order chi connectivity index (χ0) is 22.3. The molecule has 0 aliphatic heterocycles. The van der Waals surface area contributed by atoms with Crippen molar-refractivity contribution in [3.63, 3.8) is 0 Å². The monoisotopic (exact) mass is 422 g/mol. The molecule has 2 aliphatic carbocycles. The molecule has 1 heterocycles. The van der Waals surface area contributed by atoms with Gasteiger partial charge in [-0.1, -0.05) is 58.0 Å². The lowest BCUT2D eigenvalue weighted by Gasteiger charge is -2.35. The largest absolute Gasteiger partial charge is 0.440 e. The van der Waals surface area contributed by atoms with Crippen molar-refractivity contribution < 1.29 is 15.3 Å². The van der Waals surface area contributed by atoms with Crippen LogP contribution in [0.15, 0.2) is 30.3 Å². The van der Waals surface area contributed by atoms with Gasteiger partial charge in [-0.25, -0.2) is 0 Å². The topological polar surface area (TPSA) is 76.2 Å². The van der Waals surface area contributed by atoms with E-state index in [4.69, 9.17) is 10.1 Å². The van der Waals surface area contributed by atoms with Gasteiger partial charge in [0, 0.05) is 17.7 Å². The Labute approximate surface area is 185 Å². The molecule has 0 amide bonds. The van der Waals surface area contributed by atoms with Crippen LogP contribution in [0.3, 0.4) is 0 Å². The Bertz CT molecular complexity index is 989. The minimum Gasteiger partial charge on any atom is -0.440 e. The van der Waals surface area contributed by atoms with Crippen LogP contribution in [-0.4, -0.2) is 20.3 Å². The molecule has 4 nitrogen and oxygen atoms in total. The fourth-order valence-corrected chi connectivity index (χ4v) is 5.31. The highest BCUT2D eigenvalue weighted by Crippen LogP contribution is 2.48. The molecule has 1 unspecified atom stereocenters. The number of hydrogen-bond acceptors (Lipinski definition) is 3. The summed E-state index contributed by atoms with van der Waals surface area (Å²) in [5.74, 6) is 0.168. The third-order valence-corrected chi connectivity index (χ3v) is 6.79. The van der Waals surface area contributed by atoms with Gasteiger partial charge in [0.1, 0.15) is 6.10 Å². The molecule has 4 heteroatoms. The molecule has 4 N–H and O–H groups in total. The molecule has 0 spiro atoms. The number of allylic oxidation sites excluding steroid dienone is 2. The van der Waals surface area contributed by atoms with Crippen LogP contribution in [0.2, 0.25) is 0 Å². The molecule has 1 aromatic carbocycles. The summed E-state index contributed by atoms with van der Waals surface area (Å²) in [6.07, 6.45) is 6.03. The van der Waals surface area contributed by atoms with Crippen LogP contribution in [0, 0.1) is 5.41 Å². The molecular formula is C27H36NO3+. The molecular weight excluding hydrogens is 386 g/mol. The van der Waals surface area contributed by atoms with Gasteiger partial charge >= 0.3 is 0 Å². The van der Waals surface area contributed by atoms with Gasteiger partial charge in [0.25, 0.3) is 0 Å². The van der Waals surface area contributed by atoms with Crippen LogP contribution in [0.25, 0.3) is 5.57 Å². The van der Waals surface area contributed by atoms with Crippen LogP contribution in [0.1, 0.15) is 111 Å². The number of aliphatic hydroxyl groups excluding tert-OH is 2. The second kappa shape index (κ2) is 8.50. The first kappa shape index (κ1) is 22.2. The van der Waals surface area contributed by atoms with Crippen molar-refractivity contribution in [1.82, 2.24) is 4.98 Å². The van der Waals surface area contributed by atoms with Gasteiger partial charge < -0.3 is 15.3 Å². The second-order valence-corrected chi connectivity index (χ2v) is 10.3. The SMILES string of the molecule is CC(C)c1nc2c(c(C3=CCCC3)c1[C@@H](O)c1ccc(CO)cc1)C([OH2+])CC(C)(C)C2. The predicted octanol–water partition coefficient (Wildman–Crippen LogP) is 5.08. The Balaban J connectivity index is 1.97.